The van der Waals surface area contributed by atoms with E-state index in [-0.39, 0.29) is 48.0 Å². The Balaban J connectivity index is 1.77. The summed E-state index contributed by atoms with van der Waals surface area (Å²) >= 11 is 0. The second-order valence-electron chi connectivity index (χ2n) is 9.51. The minimum Gasteiger partial charge on any atom is -0.499 e. The van der Waals surface area contributed by atoms with Gasteiger partial charge in [0, 0.05) is 25.9 Å². The summed E-state index contributed by atoms with van der Waals surface area (Å²) in [5, 5.41) is 7.34. The van der Waals surface area contributed by atoms with Crippen molar-refractivity contribution < 1.29 is 31.5 Å². The van der Waals surface area contributed by atoms with Crippen molar-refractivity contribution in [3.8, 4) is 11.6 Å². The lowest BCUT2D eigenvalue weighted by molar-refractivity contribution is -0.129. The number of benzene rings is 1. The number of allylic oxidation sites excluding steroid dienone is 2. The van der Waals surface area contributed by atoms with Gasteiger partial charge in [-0.1, -0.05) is 18.7 Å². The van der Waals surface area contributed by atoms with Gasteiger partial charge in [0.2, 0.25) is 27.7 Å². The van der Waals surface area contributed by atoms with Gasteiger partial charge in [0.15, 0.2) is 5.76 Å². The molecule has 2 aromatic heterocycles. The van der Waals surface area contributed by atoms with Crippen molar-refractivity contribution in [1.82, 2.24) is 19.7 Å². The second kappa shape index (κ2) is 11.5. The largest absolute Gasteiger partial charge is 0.499 e. The molecule has 1 N–H and O–H groups in total. The van der Waals surface area contributed by atoms with Gasteiger partial charge in [-0.05, 0) is 50.1 Å². The monoisotopic (exact) mass is 573 g/mol. The summed E-state index contributed by atoms with van der Waals surface area (Å²) in [5.74, 6) is 0.530. The van der Waals surface area contributed by atoms with Crippen molar-refractivity contribution in [2.24, 2.45) is 0 Å². The van der Waals surface area contributed by atoms with E-state index < -0.39 is 21.1 Å². The standard InChI is InChI=1S/C27H32FN5O6S/c1-16-7-12-24(39-16)26-29-30-27(33(26)25(17(2)37-5)18(3)38-6)31-40(35,36)23-13-21(14-32(15-23)19(4)34)20-8-10-22(28)11-9-20/h7-12,21,23H,2,13-15H2,1,3-6H3,(H,30,31)/b25-18-/t21-,23+/m0/s1. The first-order valence-electron chi connectivity index (χ1n) is 12.5. The van der Waals surface area contributed by atoms with E-state index in [0.717, 1.165) is 5.56 Å². The molecule has 1 aliphatic heterocycles. The van der Waals surface area contributed by atoms with Gasteiger partial charge >= 0.3 is 0 Å². The van der Waals surface area contributed by atoms with E-state index in [1.165, 1.54) is 42.7 Å². The highest BCUT2D eigenvalue weighted by atomic mass is 32.2. The minimum atomic E-state index is -4.14. The Hall–Kier alpha value is -4.13. The number of piperidine rings is 1. The van der Waals surface area contributed by atoms with E-state index in [0.29, 0.717) is 23.8 Å². The lowest BCUT2D eigenvalue weighted by atomic mass is 9.90. The fourth-order valence-corrected chi connectivity index (χ4v) is 6.09. The number of ether oxygens (including phenoxy) is 2. The lowest BCUT2D eigenvalue weighted by Crippen LogP contribution is -2.48. The maximum Gasteiger partial charge on any atom is 0.243 e. The van der Waals surface area contributed by atoms with Gasteiger partial charge in [0.25, 0.3) is 0 Å². The van der Waals surface area contributed by atoms with Crippen LogP contribution in [0.25, 0.3) is 17.3 Å². The summed E-state index contributed by atoms with van der Waals surface area (Å²) in [4.78, 5) is 13.8. The molecule has 11 nitrogen and oxygen atoms in total. The number of amides is 1. The molecule has 0 saturated carbocycles. The number of aromatic nitrogens is 3. The van der Waals surface area contributed by atoms with Crippen LogP contribution in [-0.4, -0.2) is 66.5 Å². The van der Waals surface area contributed by atoms with Crippen LogP contribution in [0.15, 0.2) is 58.9 Å². The van der Waals surface area contributed by atoms with Crippen LogP contribution in [0.4, 0.5) is 10.3 Å². The number of carbonyl (C=O) groups excluding carboxylic acids is 1. The van der Waals surface area contributed by atoms with Crippen LogP contribution >= 0.6 is 0 Å². The molecule has 0 radical (unpaired) electrons. The van der Waals surface area contributed by atoms with Gasteiger partial charge in [0.1, 0.15) is 28.8 Å². The molecule has 3 heterocycles. The van der Waals surface area contributed by atoms with Crippen molar-refractivity contribution in [3.05, 3.63) is 71.6 Å². The molecular weight excluding hydrogens is 541 g/mol. The van der Waals surface area contributed by atoms with Crippen LogP contribution in [0.3, 0.4) is 0 Å². The van der Waals surface area contributed by atoms with Gasteiger partial charge in [-0.3, -0.25) is 14.1 Å². The average Bonchev–Trinajstić information content (AvgIpc) is 3.54. The van der Waals surface area contributed by atoms with Crippen LogP contribution in [0.2, 0.25) is 0 Å². The first-order chi connectivity index (χ1) is 18.9. The van der Waals surface area contributed by atoms with Crippen molar-refractivity contribution >= 4 is 27.6 Å². The highest BCUT2D eigenvalue weighted by molar-refractivity contribution is 7.93. The molecule has 0 unspecified atom stereocenters. The number of sulfonamides is 1. The predicted molar refractivity (Wildman–Crippen MR) is 147 cm³/mol. The molecule has 3 aromatic rings. The molecular formula is C27H32FN5O6S. The van der Waals surface area contributed by atoms with Crippen LogP contribution in [0.1, 0.15) is 37.5 Å². The summed E-state index contributed by atoms with van der Waals surface area (Å²) in [6.45, 7) is 9.04. The Kier molecular flexibility index (Phi) is 8.33. The van der Waals surface area contributed by atoms with Gasteiger partial charge in [-0.15, -0.1) is 10.2 Å². The van der Waals surface area contributed by atoms with Gasteiger partial charge in [0.05, 0.1) is 19.5 Å². The number of rotatable bonds is 9. The third-order valence-electron chi connectivity index (χ3n) is 6.87. The zero-order chi connectivity index (χ0) is 29.2. The molecule has 1 saturated heterocycles. The molecule has 4 rings (SSSR count). The Morgan fingerprint density at radius 3 is 2.38 bits per heavy atom. The molecule has 2 atom stereocenters. The molecule has 1 amide bonds. The summed E-state index contributed by atoms with van der Waals surface area (Å²) < 4.78 is 61.8. The fourth-order valence-electron chi connectivity index (χ4n) is 4.67. The first-order valence-corrected chi connectivity index (χ1v) is 14.0. The normalized spacial score (nSPS) is 18.2. The Bertz CT molecular complexity index is 1540. The third-order valence-corrected chi connectivity index (χ3v) is 8.56. The quantitative estimate of drug-likeness (QED) is 0.299. The van der Waals surface area contributed by atoms with Crippen molar-refractivity contribution in [1.29, 1.82) is 0 Å². The molecule has 214 valence electrons. The molecule has 1 aromatic carbocycles. The van der Waals surface area contributed by atoms with Gasteiger partial charge in [-0.2, -0.15) is 0 Å². The Morgan fingerprint density at radius 1 is 1.10 bits per heavy atom. The van der Waals surface area contributed by atoms with E-state index in [1.54, 1.807) is 38.1 Å². The average molecular weight is 574 g/mol. The van der Waals surface area contributed by atoms with Crippen molar-refractivity contribution in [3.63, 3.8) is 0 Å². The number of anilines is 1. The summed E-state index contributed by atoms with van der Waals surface area (Å²) in [7, 11) is -1.27. The maximum absolute atomic E-state index is 13.8. The highest BCUT2D eigenvalue weighted by Crippen LogP contribution is 2.34. The summed E-state index contributed by atoms with van der Waals surface area (Å²) in [5.41, 5.74) is 1.01. The molecule has 13 heteroatoms. The van der Waals surface area contributed by atoms with E-state index in [2.05, 4.69) is 21.5 Å². The van der Waals surface area contributed by atoms with E-state index >= 15 is 0 Å². The molecule has 0 bridgehead atoms. The molecule has 0 aliphatic carbocycles. The third kappa shape index (κ3) is 5.88. The first kappa shape index (κ1) is 28.9. The molecule has 0 spiro atoms. The molecule has 1 fully saturated rings. The minimum absolute atomic E-state index is 0.0225. The van der Waals surface area contributed by atoms with E-state index in [4.69, 9.17) is 13.9 Å². The zero-order valence-corrected chi connectivity index (χ0v) is 23.8. The molecule has 40 heavy (non-hydrogen) atoms. The topological polar surface area (TPSA) is 129 Å². The smallest absolute Gasteiger partial charge is 0.243 e. The molecule has 1 aliphatic rings. The van der Waals surface area contributed by atoms with Gasteiger partial charge < -0.3 is 18.8 Å². The number of nitrogens with zero attached hydrogens (tertiary/aromatic N) is 4. The summed E-state index contributed by atoms with van der Waals surface area (Å²) in [6, 6.07) is 9.27. The number of hydrogen-bond acceptors (Lipinski definition) is 8. The predicted octanol–water partition coefficient (Wildman–Crippen LogP) is 4.13. The van der Waals surface area contributed by atoms with E-state index in [1.807, 2.05) is 0 Å². The number of hydrogen-bond donors (Lipinski definition) is 1. The van der Waals surface area contributed by atoms with Crippen LogP contribution in [0, 0.1) is 12.7 Å². The fraction of sp³-hybridized carbons (Fsp3) is 0.370. The number of halogens is 1. The summed E-state index contributed by atoms with van der Waals surface area (Å²) in [6.07, 6.45) is 0.202. The van der Waals surface area contributed by atoms with Gasteiger partial charge in [-0.25, -0.2) is 12.8 Å². The SMILES string of the molecule is C=C(OC)/C(=C(\C)OC)n1c(NS(=O)(=O)[C@@H]2C[C@H](c3ccc(F)cc3)CN(C(C)=O)C2)nnc1-c1ccc(C)o1. The zero-order valence-electron chi connectivity index (χ0n) is 23.0. The Morgan fingerprint density at radius 2 is 1.80 bits per heavy atom. The van der Waals surface area contributed by atoms with Crippen molar-refractivity contribution in [2.45, 2.75) is 38.4 Å². The van der Waals surface area contributed by atoms with Crippen LogP contribution in [0.5, 0.6) is 0 Å². The van der Waals surface area contributed by atoms with E-state index in [9.17, 15) is 17.6 Å². The van der Waals surface area contributed by atoms with Crippen molar-refractivity contribution in [2.75, 3.05) is 32.0 Å². The maximum atomic E-state index is 13.8. The Labute approximate surface area is 232 Å². The highest BCUT2D eigenvalue weighted by Gasteiger charge is 2.38. The number of furan rings is 1. The number of methoxy groups -OCH3 is 2. The number of aryl methyl sites for hydroxylation is 1. The number of likely N-dealkylation sites (tertiary alicyclic amines) is 1. The number of carbonyl (C=O) groups is 1. The number of nitrogens with one attached hydrogen (secondary N) is 1. The van der Waals surface area contributed by atoms with Crippen LogP contribution in [-0.2, 0) is 24.3 Å². The second-order valence-corrected chi connectivity index (χ2v) is 11.5. The lowest BCUT2D eigenvalue weighted by Gasteiger charge is -2.37. The van der Waals surface area contributed by atoms with Crippen LogP contribution < -0.4 is 4.72 Å².